The van der Waals surface area contributed by atoms with Crippen LogP contribution in [0.5, 0.6) is 11.5 Å². The Labute approximate surface area is 223 Å². The highest BCUT2D eigenvalue weighted by Gasteiger charge is 2.14. The summed E-state index contributed by atoms with van der Waals surface area (Å²) in [6, 6.07) is 28.8. The predicted molar refractivity (Wildman–Crippen MR) is 148 cm³/mol. The summed E-state index contributed by atoms with van der Waals surface area (Å²) in [4.78, 5) is 25.2. The molecule has 0 amide bonds. The molecule has 0 aromatic heterocycles. The largest absolute Gasteiger partial charge is 0.423 e. The lowest BCUT2D eigenvalue weighted by molar-refractivity contribution is 0.0732. The van der Waals surface area contributed by atoms with E-state index in [0.717, 1.165) is 0 Å². The highest BCUT2D eigenvalue weighted by atomic mass is 35.5. The fourth-order valence-corrected chi connectivity index (χ4v) is 3.49. The number of hydrogen-bond donors (Lipinski definition) is 2. The SMILES string of the molecule is O=C(Oc1ccc(/C=N\NC(=S)Nc2cccc(Cl)c2)c(OC(=O)c2ccccc2)c1)c1ccccc1. The Balaban J connectivity index is 1.51. The minimum atomic E-state index is -0.576. The number of ether oxygens (including phenoxy) is 2. The number of hydrogen-bond acceptors (Lipinski definition) is 6. The molecule has 0 aliphatic carbocycles. The van der Waals surface area contributed by atoms with Crippen molar-refractivity contribution in [1.82, 2.24) is 5.43 Å². The Kier molecular flexibility index (Phi) is 8.59. The van der Waals surface area contributed by atoms with E-state index in [2.05, 4.69) is 15.8 Å². The van der Waals surface area contributed by atoms with Crippen LogP contribution in [0.1, 0.15) is 26.3 Å². The molecule has 0 bridgehead atoms. The van der Waals surface area contributed by atoms with E-state index in [1.807, 2.05) is 0 Å². The maximum Gasteiger partial charge on any atom is 0.343 e. The highest BCUT2D eigenvalue weighted by Crippen LogP contribution is 2.26. The maximum atomic E-state index is 12.7. The van der Waals surface area contributed by atoms with E-state index in [9.17, 15) is 9.59 Å². The summed E-state index contributed by atoms with van der Waals surface area (Å²) in [6.07, 6.45) is 1.43. The summed E-state index contributed by atoms with van der Waals surface area (Å²) >= 11 is 11.2. The van der Waals surface area contributed by atoms with Crippen LogP contribution < -0.4 is 20.2 Å². The number of nitrogens with zero attached hydrogens (tertiary/aromatic N) is 1. The molecule has 0 aliphatic heterocycles. The van der Waals surface area contributed by atoms with Gasteiger partial charge in [-0.15, -0.1) is 0 Å². The smallest absolute Gasteiger partial charge is 0.343 e. The summed E-state index contributed by atoms with van der Waals surface area (Å²) in [6.45, 7) is 0. The van der Waals surface area contributed by atoms with Crippen LogP contribution in [0.3, 0.4) is 0 Å². The van der Waals surface area contributed by atoms with Crippen molar-refractivity contribution in [2.75, 3.05) is 5.32 Å². The monoisotopic (exact) mass is 529 g/mol. The van der Waals surface area contributed by atoms with Crippen molar-refractivity contribution >= 4 is 52.8 Å². The number of esters is 2. The minimum Gasteiger partial charge on any atom is -0.423 e. The third-order valence-corrected chi connectivity index (χ3v) is 5.30. The molecule has 0 aliphatic rings. The first-order valence-electron chi connectivity index (χ1n) is 11.0. The second-order valence-electron chi connectivity index (χ2n) is 7.55. The van der Waals surface area contributed by atoms with E-state index in [-0.39, 0.29) is 16.6 Å². The van der Waals surface area contributed by atoms with E-state index < -0.39 is 11.9 Å². The molecule has 2 N–H and O–H groups in total. The topological polar surface area (TPSA) is 89.0 Å². The number of carbonyl (C=O) groups is 2. The van der Waals surface area contributed by atoms with Crippen molar-refractivity contribution in [3.63, 3.8) is 0 Å². The summed E-state index contributed by atoms with van der Waals surface area (Å²) < 4.78 is 11.1. The first kappa shape index (κ1) is 25.6. The molecule has 4 aromatic carbocycles. The van der Waals surface area contributed by atoms with Crippen LogP contribution in [0.25, 0.3) is 0 Å². The molecule has 4 rings (SSSR count). The summed E-state index contributed by atoms with van der Waals surface area (Å²) in [7, 11) is 0. The molecule has 0 heterocycles. The molecule has 4 aromatic rings. The van der Waals surface area contributed by atoms with Gasteiger partial charge in [0.1, 0.15) is 11.5 Å². The Morgan fingerprint density at radius 1 is 0.784 bits per heavy atom. The number of benzene rings is 4. The average molecular weight is 530 g/mol. The van der Waals surface area contributed by atoms with Gasteiger partial charge in [-0.05, 0) is 66.8 Å². The fraction of sp³-hybridized carbons (Fsp3) is 0. The van der Waals surface area contributed by atoms with Gasteiger partial charge in [0.15, 0.2) is 5.11 Å². The number of thiocarbonyl (C=S) groups is 1. The van der Waals surface area contributed by atoms with E-state index >= 15 is 0 Å². The highest BCUT2D eigenvalue weighted by molar-refractivity contribution is 7.80. The molecule has 0 saturated carbocycles. The van der Waals surface area contributed by atoms with Gasteiger partial charge in [0.25, 0.3) is 0 Å². The summed E-state index contributed by atoms with van der Waals surface area (Å²) in [5.74, 6) is -0.770. The number of nitrogens with one attached hydrogen (secondary N) is 2. The van der Waals surface area contributed by atoms with Crippen molar-refractivity contribution < 1.29 is 19.1 Å². The molecule has 184 valence electrons. The molecule has 0 spiro atoms. The van der Waals surface area contributed by atoms with Crippen molar-refractivity contribution in [2.45, 2.75) is 0 Å². The Bertz CT molecular complexity index is 1450. The lowest BCUT2D eigenvalue weighted by Gasteiger charge is -2.11. The molecule has 0 atom stereocenters. The van der Waals surface area contributed by atoms with Crippen LogP contribution >= 0.6 is 23.8 Å². The zero-order valence-electron chi connectivity index (χ0n) is 19.3. The number of halogens is 1. The van der Waals surface area contributed by atoms with Crippen LogP contribution in [0.2, 0.25) is 5.02 Å². The van der Waals surface area contributed by atoms with Crippen LogP contribution in [0, 0.1) is 0 Å². The van der Waals surface area contributed by atoms with Gasteiger partial charge >= 0.3 is 11.9 Å². The Morgan fingerprint density at radius 3 is 2.08 bits per heavy atom. The normalized spacial score (nSPS) is 10.5. The second-order valence-corrected chi connectivity index (χ2v) is 8.39. The van der Waals surface area contributed by atoms with Gasteiger partial charge < -0.3 is 14.8 Å². The first-order chi connectivity index (χ1) is 18.0. The molecule has 37 heavy (non-hydrogen) atoms. The molecule has 0 unspecified atom stereocenters. The number of carbonyl (C=O) groups excluding carboxylic acids is 2. The third-order valence-electron chi connectivity index (χ3n) is 4.87. The summed E-state index contributed by atoms with van der Waals surface area (Å²) in [5.41, 5.74) is 4.60. The lowest BCUT2D eigenvalue weighted by Crippen LogP contribution is -2.23. The van der Waals surface area contributed by atoms with E-state index in [4.69, 9.17) is 33.3 Å². The van der Waals surface area contributed by atoms with Gasteiger partial charge in [-0.25, -0.2) is 9.59 Å². The summed E-state index contributed by atoms with van der Waals surface area (Å²) in [5, 5.41) is 7.89. The van der Waals surface area contributed by atoms with E-state index in [0.29, 0.717) is 27.4 Å². The third kappa shape index (κ3) is 7.47. The van der Waals surface area contributed by atoms with Gasteiger partial charge in [0.2, 0.25) is 0 Å². The van der Waals surface area contributed by atoms with Crippen molar-refractivity contribution in [1.29, 1.82) is 0 Å². The van der Waals surface area contributed by atoms with Gasteiger partial charge in [-0.1, -0.05) is 54.1 Å². The molecule has 0 fully saturated rings. The first-order valence-corrected chi connectivity index (χ1v) is 11.8. The Morgan fingerprint density at radius 2 is 1.43 bits per heavy atom. The average Bonchev–Trinajstić information content (AvgIpc) is 2.91. The fourth-order valence-electron chi connectivity index (χ4n) is 3.13. The number of rotatable bonds is 7. The number of anilines is 1. The van der Waals surface area contributed by atoms with Gasteiger partial charge in [0.05, 0.1) is 17.3 Å². The zero-order chi connectivity index (χ0) is 26.0. The van der Waals surface area contributed by atoms with Gasteiger partial charge in [-0.2, -0.15) is 5.10 Å². The molecule has 0 radical (unpaired) electrons. The van der Waals surface area contributed by atoms with E-state index in [1.54, 1.807) is 97.1 Å². The van der Waals surface area contributed by atoms with Crippen LogP contribution in [-0.2, 0) is 0 Å². The standard InChI is InChI=1S/C28H20ClN3O4S/c29-22-12-7-13-23(16-22)31-28(37)32-30-18-21-14-15-24(35-26(33)19-8-3-1-4-9-19)17-25(21)36-27(34)20-10-5-2-6-11-20/h1-18H,(H2,31,32,37)/b30-18-. The molecule has 0 saturated heterocycles. The van der Waals surface area contributed by atoms with Crippen molar-refractivity contribution in [3.8, 4) is 11.5 Å². The van der Waals surface area contributed by atoms with Crippen molar-refractivity contribution in [3.05, 3.63) is 125 Å². The quantitative estimate of drug-likeness (QED) is 0.0983. The van der Waals surface area contributed by atoms with Crippen molar-refractivity contribution in [2.24, 2.45) is 5.10 Å². The molecule has 9 heteroatoms. The number of hydrazone groups is 1. The lowest BCUT2D eigenvalue weighted by atomic mass is 10.2. The molecule has 7 nitrogen and oxygen atoms in total. The van der Waals surface area contributed by atoms with Crippen LogP contribution in [-0.4, -0.2) is 23.3 Å². The van der Waals surface area contributed by atoms with E-state index in [1.165, 1.54) is 12.3 Å². The second kappa shape index (κ2) is 12.4. The maximum absolute atomic E-state index is 12.7. The Hall–Kier alpha value is -4.53. The van der Waals surface area contributed by atoms with Crippen LogP contribution in [0.4, 0.5) is 5.69 Å². The molecular weight excluding hydrogens is 510 g/mol. The van der Waals surface area contributed by atoms with Gasteiger partial charge in [-0.3, -0.25) is 5.43 Å². The minimum absolute atomic E-state index is 0.145. The van der Waals surface area contributed by atoms with Crippen LogP contribution in [0.15, 0.2) is 108 Å². The van der Waals surface area contributed by atoms with Gasteiger partial charge in [0, 0.05) is 22.3 Å². The zero-order valence-corrected chi connectivity index (χ0v) is 20.8. The molecular formula is C28H20ClN3O4S. The predicted octanol–water partition coefficient (Wildman–Crippen LogP) is 6.10.